The molecule has 0 aliphatic carbocycles. The molecule has 0 aliphatic heterocycles. The van der Waals surface area contributed by atoms with E-state index >= 15 is 0 Å². The van der Waals surface area contributed by atoms with Crippen LogP contribution in [0.4, 0.5) is 0 Å². The molecular weight excluding hydrogens is 226 g/mol. The van der Waals surface area contributed by atoms with Gasteiger partial charge in [-0.25, -0.2) is 0 Å². The fourth-order valence-electron chi connectivity index (χ4n) is 1.33. The zero-order valence-corrected chi connectivity index (χ0v) is 9.41. The predicted molar refractivity (Wildman–Crippen MR) is 62.4 cm³/mol. The van der Waals surface area contributed by atoms with Crippen LogP contribution in [0.1, 0.15) is 11.3 Å². The van der Waals surface area contributed by atoms with E-state index in [0.29, 0.717) is 23.9 Å². The molecule has 0 saturated carbocycles. The van der Waals surface area contributed by atoms with Crippen molar-refractivity contribution in [3.8, 4) is 5.75 Å². The number of ether oxygens (including phenoxy) is 1. The number of hydrogen-bond donors (Lipinski definition) is 1. The summed E-state index contributed by atoms with van der Waals surface area (Å²) < 4.78 is 10.7. The molecule has 1 heterocycles. The van der Waals surface area contributed by atoms with Crippen LogP contribution in [0, 0.1) is 0 Å². The molecular formula is C12H12ClNO2. The molecule has 2 N–H and O–H groups in total. The van der Waals surface area contributed by atoms with Crippen LogP contribution in [0.3, 0.4) is 0 Å². The van der Waals surface area contributed by atoms with Gasteiger partial charge in [-0.3, -0.25) is 0 Å². The Balaban J connectivity index is 2.04. The van der Waals surface area contributed by atoms with Gasteiger partial charge in [0.1, 0.15) is 18.1 Å². The summed E-state index contributed by atoms with van der Waals surface area (Å²) in [4.78, 5) is 0. The summed E-state index contributed by atoms with van der Waals surface area (Å²) in [6, 6.07) is 9.18. The van der Waals surface area contributed by atoms with Gasteiger partial charge in [0.2, 0.25) is 0 Å². The number of rotatable bonds is 4. The van der Waals surface area contributed by atoms with Gasteiger partial charge in [-0.05, 0) is 29.8 Å². The number of benzene rings is 1. The second kappa shape index (κ2) is 5.05. The Labute approximate surface area is 98.8 Å². The number of hydrogen-bond acceptors (Lipinski definition) is 3. The van der Waals surface area contributed by atoms with Gasteiger partial charge in [0.25, 0.3) is 0 Å². The van der Waals surface area contributed by atoms with Crippen molar-refractivity contribution < 1.29 is 9.15 Å². The summed E-state index contributed by atoms with van der Waals surface area (Å²) in [5.41, 5.74) is 6.49. The maximum absolute atomic E-state index is 6.04. The smallest absolute Gasteiger partial charge is 0.146 e. The molecule has 0 fully saturated rings. The molecule has 1 aromatic heterocycles. The lowest BCUT2D eigenvalue weighted by molar-refractivity contribution is 0.270. The Morgan fingerprint density at radius 3 is 2.81 bits per heavy atom. The molecule has 0 unspecified atom stereocenters. The number of halogens is 1. The summed E-state index contributed by atoms with van der Waals surface area (Å²) >= 11 is 6.04. The van der Waals surface area contributed by atoms with Crippen molar-refractivity contribution in [1.82, 2.24) is 0 Å². The van der Waals surface area contributed by atoms with Crippen molar-refractivity contribution >= 4 is 11.6 Å². The van der Waals surface area contributed by atoms with Gasteiger partial charge in [-0.2, -0.15) is 0 Å². The average molecular weight is 238 g/mol. The van der Waals surface area contributed by atoms with Crippen LogP contribution in [0.15, 0.2) is 41.0 Å². The van der Waals surface area contributed by atoms with Gasteiger partial charge in [0.05, 0.1) is 11.3 Å². The van der Waals surface area contributed by atoms with Crippen LogP contribution in [0.25, 0.3) is 0 Å². The maximum Gasteiger partial charge on any atom is 0.146 e. The molecule has 3 nitrogen and oxygen atoms in total. The minimum atomic E-state index is 0.370. The predicted octanol–water partition coefficient (Wildman–Crippen LogP) is 2.97. The zero-order chi connectivity index (χ0) is 11.4. The van der Waals surface area contributed by atoms with Crippen LogP contribution in [-0.4, -0.2) is 0 Å². The van der Waals surface area contributed by atoms with Crippen molar-refractivity contribution in [3.05, 3.63) is 52.9 Å². The minimum absolute atomic E-state index is 0.370. The first-order valence-electron chi connectivity index (χ1n) is 4.93. The molecule has 84 valence electrons. The summed E-state index contributed by atoms with van der Waals surface area (Å²) in [6.07, 6.45) is 1.61. The molecule has 0 radical (unpaired) electrons. The molecule has 0 spiro atoms. The molecule has 0 aliphatic rings. The lowest BCUT2D eigenvalue weighted by Crippen LogP contribution is -1.98. The highest BCUT2D eigenvalue weighted by molar-refractivity contribution is 6.32. The van der Waals surface area contributed by atoms with Crippen LogP contribution >= 0.6 is 11.6 Å². The van der Waals surface area contributed by atoms with E-state index in [-0.39, 0.29) is 0 Å². The lowest BCUT2D eigenvalue weighted by Gasteiger charge is -2.07. The van der Waals surface area contributed by atoms with Crippen molar-refractivity contribution in [2.24, 2.45) is 5.73 Å². The lowest BCUT2D eigenvalue weighted by atomic mass is 10.2. The molecule has 16 heavy (non-hydrogen) atoms. The van der Waals surface area contributed by atoms with Crippen LogP contribution < -0.4 is 10.5 Å². The van der Waals surface area contributed by atoms with Crippen LogP contribution in [0.2, 0.25) is 5.02 Å². The van der Waals surface area contributed by atoms with Crippen molar-refractivity contribution in [2.75, 3.05) is 0 Å². The molecule has 0 atom stereocenters. The quantitative estimate of drug-likeness (QED) is 0.889. The third-order valence-electron chi connectivity index (χ3n) is 2.18. The van der Waals surface area contributed by atoms with E-state index in [0.717, 1.165) is 11.3 Å². The fraction of sp³-hybridized carbons (Fsp3) is 0.167. The van der Waals surface area contributed by atoms with E-state index in [2.05, 4.69) is 0 Å². The Hall–Kier alpha value is -1.45. The Morgan fingerprint density at radius 2 is 2.19 bits per heavy atom. The van der Waals surface area contributed by atoms with Crippen LogP contribution in [-0.2, 0) is 13.2 Å². The fourth-order valence-corrected chi connectivity index (χ4v) is 1.59. The van der Waals surface area contributed by atoms with Crippen molar-refractivity contribution in [1.29, 1.82) is 0 Å². The van der Waals surface area contributed by atoms with Gasteiger partial charge < -0.3 is 14.9 Å². The highest BCUT2D eigenvalue weighted by Crippen LogP contribution is 2.26. The third kappa shape index (κ3) is 2.56. The van der Waals surface area contributed by atoms with Crippen molar-refractivity contribution in [3.63, 3.8) is 0 Å². The highest BCUT2D eigenvalue weighted by atomic mass is 35.5. The maximum atomic E-state index is 6.04. The SMILES string of the molecule is NCc1ccc(OCc2ccco2)c(Cl)c1. The van der Waals surface area contributed by atoms with Gasteiger partial charge in [0.15, 0.2) is 0 Å². The topological polar surface area (TPSA) is 48.4 Å². The zero-order valence-electron chi connectivity index (χ0n) is 8.65. The largest absolute Gasteiger partial charge is 0.484 e. The summed E-state index contributed by atoms with van der Waals surface area (Å²) in [7, 11) is 0. The van der Waals surface area contributed by atoms with Gasteiger partial charge in [0, 0.05) is 6.54 Å². The Morgan fingerprint density at radius 1 is 1.31 bits per heavy atom. The van der Waals surface area contributed by atoms with Gasteiger partial charge in [-0.15, -0.1) is 0 Å². The van der Waals surface area contributed by atoms with Gasteiger partial charge in [-0.1, -0.05) is 17.7 Å². The van der Waals surface area contributed by atoms with E-state index in [1.165, 1.54) is 0 Å². The standard InChI is InChI=1S/C12H12ClNO2/c13-11-6-9(7-14)3-4-12(11)16-8-10-2-1-5-15-10/h1-6H,7-8,14H2. The molecule has 4 heteroatoms. The van der Waals surface area contributed by atoms with E-state index < -0.39 is 0 Å². The third-order valence-corrected chi connectivity index (χ3v) is 2.48. The second-order valence-electron chi connectivity index (χ2n) is 3.34. The van der Waals surface area contributed by atoms with E-state index in [9.17, 15) is 0 Å². The molecule has 0 saturated heterocycles. The summed E-state index contributed by atoms with van der Waals surface area (Å²) in [6.45, 7) is 0.840. The summed E-state index contributed by atoms with van der Waals surface area (Å²) in [5, 5.41) is 0.564. The minimum Gasteiger partial charge on any atom is -0.484 e. The average Bonchev–Trinajstić information content (AvgIpc) is 2.80. The molecule has 2 aromatic rings. The number of nitrogens with two attached hydrogens (primary N) is 1. The first-order valence-corrected chi connectivity index (χ1v) is 5.31. The van der Waals surface area contributed by atoms with Crippen molar-refractivity contribution in [2.45, 2.75) is 13.2 Å². The van der Waals surface area contributed by atoms with E-state index in [4.69, 9.17) is 26.5 Å². The molecule has 2 rings (SSSR count). The van der Waals surface area contributed by atoms with Gasteiger partial charge >= 0.3 is 0 Å². The molecule has 0 amide bonds. The second-order valence-corrected chi connectivity index (χ2v) is 3.74. The Kier molecular flexibility index (Phi) is 3.49. The monoisotopic (exact) mass is 237 g/mol. The highest BCUT2D eigenvalue weighted by Gasteiger charge is 2.03. The first-order chi connectivity index (χ1) is 7.79. The molecule has 1 aromatic carbocycles. The Bertz CT molecular complexity index is 454. The number of furan rings is 1. The van der Waals surface area contributed by atoms with Crippen LogP contribution in [0.5, 0.6) is 5.75 Å². The summed E-state index contributed by atoms with van der Waals surface area (Å²) in [5.74, 6) is 1.40. The van der Waals surface area contributed by atoms with E-state index in [1.54, 1.807) is 12.3 Å². The first kappa shape index (κ1) is 11.0. The molecule has 0 bridgehead atoms. The normalized spacial score (nSPS) is 10.4. The van der Waals surface area contributed by atoms with E-state index in [1.807, 2.05) is 24.3 Å².